The van der Waals surface area contributed by atoms with Gasteiger partial charge in [0.25, 0.3) is 0 Å². The van der Waals surface area contributed by atoms with Crippen molar-refractivity contribution in [3.05, 3.63) is 48.6 Å². The van der Waals surface area contributed by atoms with E-state index in [0.29, 0.717) is 25.7 Å². The van der Waals surface area contributed by atoms with Gasteiger partial charge in [0.15, 0.2) is 11.9 Å². The monoisotopic (exact) mass is 911 g/mol. The van der Waals surface area contributed by atoms with Crippen LogP contribution in [0.15, 0.2) is 48.6 Å². The van der Waals surface area contributed by atoms with E-state index < -0.39 is 51.8 Å². The van der Waals surface area contributed by atoms with E-state index in [9.17, 15) is 28.9 Å². The van der Waals surface area contributed by atoms with Gasteiger partial charge in [-0.3, -0.25) is 23.4 Å². The number of ketones is 1. The molecule has 4 atom stereocenters. The molecule has 0 aliphatic carbocycles. The van der Waals surface area contributed by atoms with Crippen molar-refractivity contribution >= 4 is 25.5 Å². The van der Waals surface area contributed by atoms with E-state index in [2.05, 4.69) is 20.8 Å². The third-order valence-corrected chi connectivity index (χ3v) is 12.0. The van der Waals surface area contributed by atoms with Crippen molar-refractivity contribution in [3.8, 4) is 0 Å². The first-order valence-corrected chi connectivity index (χ1v) is 26.4. The van der Waals surface area contributed by atoms with Gasteiger partial charge < -0.3 is 24.6 Å². The molecule has 0 aliphatic heterocycles. The molecule has 0 aromatic rings. The number of ether oxygens (including phenoxy) is 2. The van der Waals surface area contributed by atoms with Crippen LogP contribution in [-0.4, -0.2) is 71.5 Å². The van der Waals surface area contributed by atoms with Crippen LogP contribution in [-0.2, 0) is 37.5 Å². The van der Waals surface area contributed by atoms with E-state index in [0.717, 1.165) is 57.3 Å². The lowest BCUT2D eigenvalue weighted by atomic mass is 9.99. The Hall–Kier alpha value is -2.40. The highest BCUT2D eigenvalue weighted by Crippen LogP contribution is 2.43. The number of rotatable bonds is 46. The molecule has 0 heterocycles. The first-order valence-electron chi connectivity index (χ1n) is 24.9. The zero-order chi connectivity index (χ0) is 46.5. The third-order valence-electron chi connectivity index (χ3n) is 11.0. The number of carbonyl (C=O) groups is 3. The molecule has 0 aliphatic rings. The molecule has 0 aromatic carbocycles. The molecular formula is C51H91O11P. The molecule has 3 N–H and O–H groups in total. The maximum absolute atomic E-state index is 12.7. The van der Waals surface area contributed by atoms with Gasteiger partial charge in [0.1, 0.15) is 12.7 Å². The Morgan fingerprint density at radius 3 is 1.67 bits per heavy atom. The van der Waals surface area contributed by atoms with E-state index in [1.54, 1.807) is 12.2 Å². The maximum Gasteiger partial charge on any atom is 0.472 e. The Labute approximate surface area is 383 Å². The fourth-order valence-corrected chi connectivity index (χ4v) is 7.53. The molecule has 0 saturated carbocycles. The quantitative estimate of drug-likeness (QED) is 0.0133. The van der Waals surface area contributed by atoms with Gasteiger partial charge in [0.05, 0.1) is 19.8 Å². The van der Waals surface area contributed by atoms with Gasteiger partial charge in [-0.25, -0.2) is 4.57 Å². The summed E-state index contributed by atoms with van der Waals surface area (Å²) in [5.41, 5.74) is 0. The second-order valence-corrected chi connectivity index (χ2v) is 18.6. The van der Waals surface area contributed by atoms with Gasteiger partial charge in [-0.1, -0.05) is 198 Å². The van der Waals surface area contributed by atoms with Crippen LogP contribution in [0.4, 0.5) is 0 Å². The normalized spacial score (nSPS) is 14.5. The van der Waals surface area contributed by atoms with E-state index in [1.165, 1.54) is 103 Å². The van der Waals surface area contributed by atoms with Gasteiger partial charge in [0, 0.05) is 19.3 Å². The molecule has 12 heteroatoms. The van der Waals surface area contributed by atoms with Crippen molar-refractivity contribution in [2.24, 2.45) is 5.92 Å². The minimum Gasteiger partial charge on any atom is -0.462 e. The molecule has 366 valence electrons. The van der Waals surface area contributed by atoms with Crippen molar-refractivity contribution < 1.29 is 52.6 Å². The van der Waals surface area contributed by atoms with Gasteiger partial charge >= 0.3 is 19.8 Å². The SMILES string of the molecule is CCCCCC(=O)/C=C/C=C\C/C=C\C/C=C\CCCC(=O)OC[C@H](COP(=O)(O)OC[C@@H](O)CO)OC(=O)CCCCCCCCCCCCCCCCCCCCC(C)CC. The summed E-state index contributed by atoms with van der Waals surface area (Å²) in [6.45, 7) is 4.55. The van der Waals surface area contributed by atoms with Crippen LogP contribution in [0.5, 0.6) is 0 Å². The highest BCUT2D eigenvalue weighted by molar-refractivity contribution is 7.47. The summed E-state index contributed by atoms with van der Waals surface area (Å²) in [4.78, 5) is 46.8. The highest BCUT2D eigenvalue weighted by Gasteiger charge is 2.27. The summed E-state index contributed by atoms with van der Waals surface area (Å²) in [5.74, 6) is 0.0287. The summed E-state index contributed by atoms with van der Waals surface area (Å²) in [6, 6.07) is 0. The Morgan fingerprint density at radius 2 is 1.10 bits per heavy atom. The van der Waals surface area contributed by atoms with Crippen molar-refractivity contribution in [2.75, 3.05) is 26.4 Å². The molecule has 0 fully saturated rings. The average molecular weight is 911 g/mol. The van der Waals surface area contributed by atoms with Crippen LogP contribution in [0.1, 0.15) is 213 Å². The Balaban J connectivity index is 4.29. The Bertz CT molecular complexity index is 1260. The topological polar surface area (TPSA) is 166 Å². The first kappa shape index (κ1) is 60.6. The minimum absolute atomic E-state index is 0.140. The number of aliphatic hydroxyl groups is 2. The molecule has 0 amide bonds. The smallest absolute Gasteiger partial charge is 0.462 e. The summed E-state index contributed by atoms with van der Waals surface area (Å²) in [6.07, 6.45) is 44.9. The van der Waals surface area contributed by atoms with Crippen molar-refractivity contribution in [1.82, 2.24) is 0 Å². The van der Waals surface area contributed by atoms with Crippen LogP contribution in [0, 0.1) is 5.92 Å². The lowest BCUT2D eigenvalue weighted by Crippen LogP contribution is -2.29. The number of allylic oxidation sites excluding steroid dienone is 8. The standard InChI is InChI=1S/C51H91O11P/c1-4-6-32-38-47(53)39-34-29-25-21-17-15-19-22-26-30-35-40-50(55)59-44-49(45-61-63(57,58)60-43-48(54)42-52)62-51(56)41-36-31-27-23-18-14-12-10-8-7-9-11-13-16-20-24-28-33-37-46(3)5-2/h15,17,22,25-26,29,34,39,46,48-49,52,54H,4-14,16,18-21,23-24,27-28,30-33,35-38,40-45H2,1-3H3,(H,57,58)/b17-15-,26-22-,29-25-,39-34+/t46?,48-,49+/m0/s1. The van der Waals surface area contributed by atoms with Crippen LogP contribution < -0.4 is 0 Å². The second kappa shape index (κ2) is 44.8. The van der Waals surface area contributed by atoms with Gasteiger partial charge in [-0.2, -0.15) is 0 Å². The number of hydrogen-bond acceptors (Lipinski definition) is 10. The van der Waals surface area contributed by atoms with Crippen LogP contribution in [0.2, 0.25) is 0 Å². The Morgan fingerprint density at radius 1 is 0.587 bits per heavy atom. The van der Waals surface area contributed by atoms with Crippen LogP contribution in [0.25, 0.3) is 0 Å². The van der Waals surface area contributed by atoms with E-state index in [1.807, 2.05) is 36.5 Å². The number of phosphoric ester groups is 1. The molecule has 0 radical (unpaired) electrons. The lowest BCUT2D eigenvalue weighted by molar-refractivity contribution is -0.161. The predicted molar refractivity (Wildman–Crippen MR) is 256 cm³/mol. The van der Waals surface area contributed by atoms with Crippen molar-refractivity contribution in [1.29, 1.82) is 0 Å². The molecular weight excluding hydrogens is 820 g/mol. The summed E-state index contributed by atoms with van der Waals surface area (Å²) in [7, 11) is -4.65. The van der Waals surface area contributed by atoms with Gasteiger partial charge in [-0.05, 0) is 50.5 Å². The molecule has 0 saturated heterocycles. The summed E-state index contributed by atoms with van der Waals surface area (Å²) < 4.78 is 32.7. The number of esters is 2. The summed E-state index contributed by atoms with van der Waals surface area (Å²) >= 11 is 0. The zero-order valence-electron chi connectivity index (χ0n) is 39.9. The number of phosphoric acid groups is 1. The highest BCUT2D eigenvalue weighted by atomic mass is 31.2. The fourth-order valence-electron chi connectivity index (χ4n) is 6.74. The molecule has 0 bridgehead atoms. The minimum atomic E-state index is -4.65. The Kier molecular flexibility index (Phi) is 43.1. The number of carbonyl (C=O) groups excluding carboxylic acids is 3. The predicted octanol–water partition coefficient (Wildman–Crippen LogP) is 13.1. The number of hydrogen-bond donors (Lipinski definition) is 3. The molecule has 63 heavy (non-hydrogen) atoms. The third kappa shape index (κ3) is 44.6. The first-order chi connectivity index (χ1) is 30.5. The number of aliphatic hydroxyl groups excluding tert-OH is 2. The molecule has 11 nitrogen and oxygen atoms in total. The second-order valence-electron chi connectivity index (χ2n) is 17.1. The van der Waals surface area contributed by atoms with E-state index >= 15 is 0 Å². The average Bonchev–Trinajstić information content (AvgIpc) is 3.27. The molecule has 0 aromatic heterocycles. The van der Waals surface area contributed by atoms with Gasteiger partial charge in [-0.15, -0.1) is 0 Å². The largest absolute Gasteiger partial charge is 0.472 e. The zero-order valence-corrected chi connectivity index (χ0v) is 40.8. The van der Waals surface area contributed by atoms with E-state index in [4.69, 9.17) is 23.6 Å². The molecule has 2 unspecified atom stereocenters. The van der Waals surface area contributed by atoms with Crippen molar-refractivity contribution in [3.63, 3.8) is 0 Å². The van der Waals surface area contributed by atoms with Crippen LogP contribution >= 0.6 is 7.82 Å². The van der Waals surface area contributed by atoms with Crippen LogP contribution in [0.3, 0.4) is 0 Å². The summed E-state index contributed by atoms with van der Waals surface area (Å²) in [5, 5.41) is 18.4. The maximum atomic E-state index is 12.7. The van der Waals surface area contributed by atoms with Gasteiger partial charge in [0.2, 0.25) is 0 Å². The van der Waals surface area contributed by atoms with E-state index in [-0.39, 0.29) is 25.2 Å². The lowest BCUT2D eigenvalue weighted by Gasteiger charge is -2.20. The number of unbranched alkanes of at least 4 members (excludes halogenated alkanes) is 20. The fraction of sp³-hybridized carbons (Fsp3) is 0.784. The molecule has 0 spiro atoms. The van der Waals surface area contributed by atoms with Crippen molar-refractivity contribution in [2.45, 2.75) is 226 Å². The molecule has 0 rings (SSSR count).